The molecule has 0 bridgehead atoms. The van der Waals surface area contributed by atoms with Crippen LogP contribution in [0.5, 0.6) is 11.5 Å². The summed E-state index contributed by atoms with van der Waals surface area (Å²) in [5, 5.41) is 5.65. The second kappa shape index (κ2) is 13.2. The number of hydrogen-bond acceptors (Lipinski definition) is 6. The fraction of sp³-hybridized carbons (Fsp3) is 0.370. The number of rotatable bonds is 10. The van der Waals surface area contributed by atoms with Crippen molar-refractivity contribution in [3.8, 4) is 11.5 Å². The zero-order valence-corrected chi connectivity index (χ0v) is 20.1. The molecular weight excluding hydrogens is 448 g/mol. The number of esters is 1. The second-order valence-electron chi connectivity index (χ2n) is 8.35. The number of carbonyl (C=O) groups is 3. The summed E-state index contributed by atoms with van der Waals surface area (Å²) in [6.45, 7) is -0.279. The molecule has 0 aliphatic heterocycles. The van der Waals surface area contributed by atoms with Crippen molar-refractivity contribution in [1.82, 2.24) is 10.6 Å². The van der Waals surface area contributed by atoms with E-state index in [-0.39, 0.29) is 18.6 Å². The number of methoxy groups -OCH3 is 2. The summed E-state index contributed by atoms with van der Waals surface area (Å²) in [6.07, 6.45) is 7.96. The Morgan fingerprint density at radius 2 is 1.63 bits per heavy atom. The Morgan fingerprint density at radius 3 is 2.26 bits per heavy atom. The summed E-state index contributed by atoms with van der Waals surface area (Å²) in [7, 11) is 3.09. The Hall–Kier alpha value is -3.81. The lowest BCUT2D eigenvalue weighted by atomic mass is 9.95. The van der Waals surface area contributed by atoms with Gasteiger partial charge in [0.15, 0.2) is 0 Å². The van der Waals surface area contributed by atoms with Crippen molar-refractivity contribution in [3.63, 3.8) is 0 Å². The van der Waals surface area contributed by atoms with Crippen LogP contribution in [0, 0.1) is 0 Å². The van der Waals surface area contributed by atoms with Crippen LogP contribution in [0.4, 0.5) is 0 Å². The average Bonchev–Trinajstić information content (AvgIpc) is 2.90. The molecule has 35 heavy (non-hydrogen) atoms. The third-order valence-corrected chi connectivity index (χ3v) is 5.78. The number of carbonyl (C=O) groups excluding carboxylic acids is 3. The van der Waals surface area contributed by atoms with Crippen LogP contribution < -0.4 is 20.1 Å². The summed E-state index contributed by atoms with van der Waals surface area (Å²) in [5.41, 5.74) is 1.06. The third-order valence-electron chi connectivity index (χ3n) is 5.78. The third kappa shape index (κ3) is 8.17. The van der Waals surface area contributed by atoms with Gasteiger partial charge in [-0.05, 0) is 48.7 Å². The summed E-state index contributed by atoms with van der Waals surface area (Å²) in [6, 6.07) is 12.8. The number of hydrogen-bond donors (Lipinski definition) is 2. The molecule has 2 N–H and O–H groups in total. The topological polar surface area (TPSA) is 103 Å². The van der Waals surface area contributed by atoms with E-state index in [1.165, 1.54) is 6.08 Å². The lowest BCUT2D eigenvalue weighted by Gasteiger charge is -2.25. The molecule has 1 atom stereocenters. The van der Waals surface area contributed by atoms with Gasteiger partial charge in [0.25, 0.3) is 0 Å². The molecule has 1 saturated carbocycles. The van der Waals surface area contributed by atoms with Crippen molar-refractivity contribution in [2.45, 2.75) is 44.2 Å². The highest BCUT2D eigenvalue weighted by Crippen LogP contribution is 2.23. The van der Waals surface area contributed by atoms with E-state index >= 15 is 0 Å². The Kier molecular flexibility index (Phi) is 9.71. The molecule has 2 aromatic rings. The standard InChI is InChI=1S/C27H32N2O6/c1-33-22-15-19(16-23(17-22)34-2)13-14-25(30)29-24(26(31)28-21-11-7-4-8-12-21)18-35-27(32)20-9-5-3-6-10-20/h3,5-6,9-10,13-17,21,24H,4,7-8,11-12,18H2,1-2H3,(H,28,31)(H,29,30)/b14-13+/t24-/m1/s1. The van der Waals surface area contributed by atoms with Crippen molar-refractivity contribution in [2.24, 2.45) is 0 Å². The molecule has 2 aromatic carbocycles. The van der Waals surface area contributed by atoms with E-state index in [1.54, 1.807) is 68.8 Å². The Bertz CT molecular complexity index is 1010. The van der Waals surface area contributed by atoms with Gasteiger partial charge in [-0.25, -0.2) is 4.79 Å². The van der Waals surface area contributed by atoms with Crippen molar-refractivity contribution in [3.05, 3.63) is 65.7 Å². The van der Waals surface area contributed by atoms with Gasteiger partial charge in [0, 0.05) is 18.2 Å². The first-order chi connectivity index (χ1) is 17.0. The molecular formula is C27H32N2O6. The molecule has 1 fully saturated rings. The Labute approximate surface area is 205 Å². The molecule has 0 saturated heterocycles. The van der Waals surface area contributed by atoms with Gasteiger partial charge in [0.1, 0.15) is 24.1 Å². The molecule has 1 aliphatic rings. The maximum atomic E-state index is 13.0. The molecule has 0 aromatic heterocycles. The first-order valence-corrected chi connectivity index (χ1v) is 11.7. The predicted octanol–water partition coefficient (Wildman–Crippen LogP) is 3.51. The van der Waals surface area contributed by atoms with Gasteiger partial charge < -0.3 is 24.8 Å². The Morgan fingerprint density at radius 1 is 0.971 bits per heavy atom. The van der Waals surface area contributed by atoms with Crippen LogP contribution in [0.15, 0.2) is 54.6 Å². The smallest absolute Gasteiger partial charge is 0.338 e. The monoisotopic (exact) mass is 480 g/mol. The second-order valence-corrected chi connectivity index (χ2v) is 8.35. The Balaban J connectivity index is 1.67. The van der Waals surface area contributed by atoms with Gasteiger partial charge in [-0.15, -0.1) is 0 Å². The van der Waals surface area contributed by atoms with Crippen molar-refractivity contribution in [1.29, 1.82) is 0 Å². The SMILES string of the molecule is COc1cc(/C=C/C(=O)N[C@H](COC(=O)c2ccccc2)C(=O)NC2CCCCC2)cc(OC)c1. The minimum Gasteiger partial charge on any atom is -0.497 e. The van der Waals surface area contributed by atoms with Gasteiger partial charge in [-0.1, -0.05) is 37.5 Å². The minimum atomic E-state index is -1.03. The zero-order valence-electron chi connectivity index (χ0n) is 20.1. The molecule has 0 radical (unpaired) electrons. The molecule has 3 rings (SSSR count). The first-order valence-electron chi connectivity index (χ1n) is 11.7. The van der Waals surface area contributed by atoms with Gasteiger partial charge in [-0.3, -0.25) is 9.59 Å². The van der Waals surface area contributed by atoms with Gasteiger partial charge in [0.05, 0.1) is 19.8 Å². The average molecular weight is 481 g/mol. The van der Waals surface area contributed by atoms with Crippen LogP contribution in [0.1, 0.15) is 48.0 Å². The van der Waals surface area contributed by atoms with Crippen molar-refractivity contribution >= 4 is 23.9 Å². The summed E-state index contributed by atoms with van der Waals surface area (Å²) in [5.74, 6) is -0.257. The number of amides is 2. The van der Waals surface area contributed by atoms with E-state index in [0.717, 1.165) is 32.1 Å². The number of nitrogens with one attached hydrogen (secondary N) is 2. The fourth-order valence-electron chi connectivity index (χ4n) is 3.87. The number of ether oxygens (including phenoxy) is 3. The van der Waals surface area contributed by atoms with Gasteiger partial charge in [-0.2, -0.15) is 0 Å². The lowest BCUT2D eigenvalue weighted by Crippen LogP contribution is -2.52. The molecule has 0 heterocycles. The maximum absolute atomic E-state index is 13.0. The lowest BCUT2D eigenvalue weighted by molar-refractivity contribution is -0.128. The minimum absolute atomic E-state index is 0.0558. The maximum Gasteiger partial charge on any atom is 0.338 e. The zero-order chi connectivity index (χ0) is 25.0. The molecule has 186 valence electrons. The normalized spacial score (nSPS) is 14.7. The predicted molar refractivity (Wildman–Crippen MR) is 132 cm³/mol. The molecule has 1 aliphatic carbocycles. The highest BCUT2D eigenvalue weighted by atomic mass is 16.5. The van der Waals surface area contributed by atoms with Crippen LogP contribution >= 0.6 is 0 Å². The van der Waals surface area contributed by atoms with Gasteiger partial charge >= 0.3 is 5.97 Å². The summed E-state index contributed by atoms with van der Waals surface area (Å²) in [4.78, 5) is 38.0. The number of benzene rings is 2. The quantitative estimate of drug-likeness (QED) is 0.399. The van der Waals surface area contributed by atoms with Gasteiger partial charge in [0.2, 0.25) is 11.8 Å². The van der Waals surface area contributed by atoms with Crippen LogP contribution in [-0.2, 0) is 14.3 Å². The van der Waals surface area contributed by atoms with Crippen LogP contribution in [0.25, 0.3) is 6.08 Å². The van der Waals surface area contributed by atoms with Crippen LogP contribution in [0.3, 0.4) is 0 Å². The summed E-state index contributed by atoms with van der Waals surface area (Å²) >= 11 is 0. The molecule has 2 amide bonds. The molecule has 0 spiro atoms. The van der Waals surface area contributed by atoms with E-state index in [4.69, 9.17) is 14.2 Å². The van der Waals surface area contributed by atoms with E-state index in [0.29, 0.717) is 22.6 Å². The molecule has 0 unspecified atom stereocenters. The summed E-state index contributed by atoms with van der Waals surface area (Å²) < 4.78 is 15.8. The molecule has 8 heteroatoms. The largest absolute Gasteiger partial charge is 0.497 e. The fourth-order valence-corrected chi connectivity index (χ4v) is 3.87. The van der Waals surface area contributed by atoms with E-state index in [9.17, 15) is 14.4 Å². The van der Waals surface area contributed by atoms with Crippen molar-refractivity contribution < 1.29 is 28.6 Å². The van der Waals surface area contributed by atoms with E-state index in [2.05, 4.69) is 10.6 Å². The van der Waals surface area contributed by atoms with Crippen LogP contribution in [-0.4, -0.2) is 50.7 Å². The highest BCUT2D eigenvalue weighted by Gasteiger charge is 2.25. The van der Waals surface area contributed by atoms with Crippen LogP contribution in [0.2, 0.25) is 0 Å². The van der Waals surface area contributed by atoms with E-state index < -0.39 is 17.9 Å². The molecule has 8 nitrogen and oxygen atoms in total. The highest BCUT2D eigenvalue weighted by molar-refractivity contribution is 5.96. The first kappa shape index (κ1) is 25.8. The van der Waals surface area contributed by atoms with Crippen molar-refractivity contribution in [2.75, 3.05) is 20.8 Å². The van der Waals surface area contributed by atoms with E-state index in [1.807, 2.05) is 0 Å².